The van der Waals surface area contributed by atoms with Crippen LogP contribution in [0.5, 0.6) is 11.5 Å². The Balaban J connectivity index is 2.99. The summed E-state index contributed by atoms with van der Waals surface area (Å²) < 4.78 is 0. The average molecular weight is 161 g/mol. The molecule has 0 aromatic heterocycles. The zero-order chi connectivity index (χ0) is 8.97. The van der Waals surface area contributed by atoms with E-state index in [1.54, 1.807) is 12.1 Å². The van der Waals surface area contributed by atoms with Crippen molar-refractivity contribution in [2.45, 2.75) is 0 Å². The highest BCUT2D eigenvalue weighted by Crippen LogP contribution is 2.25. The highest BCUT2D eigenvalue weighted by molar-refractivity contribution is 5.56. The summed E-state index contributed by atoms with van der Waals surface area (Å²) in [5, 5.41) is 26.2. The quantitative estimate of drug-likeness (QED) is 0.486. The average Bonchev–Trinajstić information content (AvgIpc) is 2.07. The monoisotopic (exact) mass is 161 g/mol. The van der Waals surface area contributed by atoms with Crippen LogP contribution in [0.2, 0.25) is 0 Å². The Morgan fingerprint density at radius 1 is 1.25 bits per heavy atom. The molecule has 1 aromatic carbocycles. The topological polar surface area (TPSA) is 64.2 Å². The number of phenols is 2. The van der Waals surface area contributed by atoms with Gasteiger partial charge in [0.05, 0.1) is 6.07 Å². The zero-order valence-electron chi connectivity index (χ0n) is 6.23. The van der Waals surface area contributed by atoms with E-state index < -0.39 is 0 Å². The number of phenolic OH excluding ortho intramolecular Hbond substituents is 2. The van der Waals surface area contributed by atoms with E-state index in [9.17, 15) is 0 Å². The van der Waals surface area contributed by atoms with Crippen molar-refractivity contribution < 1.29 is 10.2 Å². The normalized spacial score (nSPS) is 9.92. The van der Waals surface area contributed by atoms with Crippen molar-refractivity contribution in [3.8, 4) is 17.6 Å². The van der Waals surface area contributed by atoms with Gasteiger partial charge in [-0.2, -0.15) is 5.26 Å². The molecule has 0 radical (unpaired) electrons. The van der Waals surface area contributed by atoms with Gasteiger partial charge in [0.2, 0.25) is 0 Å². The van der Waals surface area contributed by atoms with E-state index in [0.717, 1.165) is 0 Å². The van der Waals surface area contributed by atoms with Crippen LogP contribution in [0.15, 0.2) is 24.3 Å². The van der Waals surface area contributed by atoms with Gasteiger partial charge in [-0.3, -0.25) is 0 Å². The van der Waals surface area contributed by atoms with Crippen molar-refractivity contribution in [2.75, 3.05) is 0 Å². The number of allylic oxidation sites excluding steroid dienone is 1. The number of rotatable bonds is 1. The van der Waals surface area contributed by atoms with Crippen molar-refractivity contribution in [3.63, 3.8) is 0 Å². The van der Waals surface area contributed by atoms with Gasteiger partial charge in [0.1, 0.15) is 0 Å². The van der Waals surface area contributed by atoms with Gasteiger partial charge >= 0.3 is 0 Å². The summed E-state index contributed by atoms with van der Waals surface area (Å²) >= 11 is 0. The summed E-state index contributed by atoms with van der Waals surface area (Å²) in [5.41, 5.74) is 0.673. The van der Waals surface area contributed by atoms with Crippen LogP contribution in [0.4, 0.5) is 0 Å². The SMILES string of the molecule is N#C/C=C/c1ccc(O)c(O)c1. The number of nitrogens with zero attached hydrogens (tertiary/aromatic N) is 1. The first kappa shape index (κ1) is 8.15. The Bertz CT molecular complexity index is 350. The Kier molecular flexibility index (Phi) is 2.34. The highest BCUT2D eigenvalue weighted by atomic mass is 16.3. The lowest BCUT2D eigenvalue weighted by atomic mass is 10.2. The molecule has 0 atom stereocenters. The molecule has 0 spiro atoms. The summed E-state index contributed by atoms with van der Waals surface area (Å²) in [5.74, 6) is -0.348. The van der Waals surface area contributed by atoms with E-state index in [1.807, 2.05) is 6.07 Å². The molecule has 0 amide bonds. The molecule has 1 rings (SSSR count). The summed E-state index contributed by atoms with van der Waals surface area (Å²) in [4.78, 5) is 0. The first-order chi connectivity index (χ1) is 5.74. The third-order valence-corrected chi connectivity index (χ3v) is 1.35. The van der Waals surface area contributed by atoms with E-state index in [1.165, 1.54) is 18.2 Å². The van der Waals surface area contributed by atoms with Crippen molar-refractivity contribution in [2.24, 2.45) is 0 Å². The third-order valence-electron chi connectivity index (χ3n) is 1.35. The second kappa shape index (κ2) is 3.44. The Hall–Kier alpha value is -1.95. The van der Waals surface area contributed by atoms with Crippen LogP contribution in [-0.4, -0.2) is 10.2 Å². The van der Waals surface area contributed by atoms with Gasteiger partial charge in [0, 0.05) is 6.08 Å². The van der Waals surface area contributed by atoms with Gasteiger partial charge in [-0.15, -0.1) is 0 Å². The minimum absolute atomic E-state index is 0.163. The van der Waals surface area contributed by atoms with Crippen LogP contribution >= 0.6 is 0 Å². The second-order valence-corrected chi connectivity index (χ2v) is 2.21. The highest BCUT2D eigenvalue weighted by Gasteiger charge is 1.96. The lowest BCUT2D eigenvalue weighted by Gasteiger charge is -1.97. The smallest absolute Gasteiger partial charge is 0.157 e. The minimum Gasteiger partial charge on any atom is -0.504 e. The number of benzene rings is 1. The molecular formula is C9H7NO2. The van der Waals surface area contributed by atoms with Gasteiger partial charge in [-0.05, 0) is 23.8 Å². The minimum atomic E-state index is -0.185. The standard InChI is InChI=1S/C9H7NO2/c10-5-1-2-7-3-4-8(11)9(12)6-7/h1-4,6,11-12H/b2-1+. The fourth-order valence-electron chi connectivity index (χ4n) is 0.778. The van der Waals surface area contributed by atoms with Crippen LogP contribution in [0.1, 0.15) is 5.56 Å². The van der Waals surface area contributed by atoms with E-state index in [2.05, 4.69) is 0 Å². The molecule has 60 valence electrons. The number of aromatic hydroxyl groups is 2. The fraction of sp³-hybridized carbons (Fsp3) is 0. The Morgan fingerprint density at radius 3 is 2.58 bits per heavy atom. The number of hydrogen-bond acceptors (Lipinski definition) is 3. The molecule has 3 heteroatoms. The molecule has 0 saturated heterocycles. The summed E-state index contributed by atoms with van der Waals surface area (Å²) in [6.07, 6.45) is 2.84. The van der Waals surface area contributed by atoms with Crippen LogP contribution in [0.25, 0.3) is 6.08 Å². The molecule has 3 nitrogen and oxygen atoms in total. The molecule has 0 aliphatic heterocycles. The van der Waals surface area contributed by atoms with E-state index in [-0.39, 0.29) is 11.5 Å². The van der Waals surface area contributed by atoms with E-state index in [4.69, 9.17) is 15.5 Å². The molecule has 1 aromatic rings. The summed E-state index contributed by atoms with van der Waals surface area (Å²) in [6.45, 7) is 0. The van der Waals surface area contributed by atoms with Crippen molar-refractivity contribution >= 4 is 6.08 Å². The molecule has 0 fully saturated rings. The number of nitriles is 1. The lowest BCUT2D eigenvalue weighted by Crippen LogP contribution is -1.72. The van der Waals surface area contributed by atoms with Crippen molar-refractivity contribution in [3.05, 3.63) is 29.8 Å². The number of hydrogen-bond donors (Lipinski definition) is 2. The predicted molar refractivity (Wildman–Crippen MR) is 44.4 cm³/mol. The maximum atomic E-state index is 9.03. The van der Waals surface area contributed by atoms with E-state index in [0.29, 0.717) is 5.56 Å². The van der Waals surface area contributed by atoms with Gasteiger partial charge in [0.25, 0.3) is 0 Å². The zero-order valence-corrected chi connectivity index (χ0v) is 6.23. The summed E-state index contributed by atoms with van der Waals surface area (Å²) in [6, 6.07) is 6.17. The van der Waals surface area contributed by atoms with Crippen molar-refractivity contribution in [1.82, 2.24) is 0 Å². The summed E-state index contributed by atoms with van der Waals surface area (Å²) in [7, 11) is 0. The van der Waals surface area contributed by atoms with Crippen LogP contribution in [0.3, 0.4) is 0 Å². The third kappa shape index (κ3) is 1.77. The molecule has 0 aliphatic rings. The van der Waals surface area contributed by atoms with Gasteiger partial charge in [-0.25, -0.2) is 0 Å². The maximum absolute atomic E-state index is 9.03. The molecule has 0 heterocycles. The van der Waals surface area contributed by atoms with Crippen LogP contribution < -0.4 is 0 Å². The lowest BCUT2D eigenvalue weighted by molar-refractivity contribution is 0.403. The van der Waals surface area contributed by atoms with Crippen LogP contribution in [0, 0.1) is 11.3 Å². The predicted octanol–water partition coefficient (Wildman–Crippen LogP) is 1.63. The first-order valence-electron chi connectivity index (χ1n) is 3.32. The maximum Gasteiger partial charge on any atom is 0.157 e. The fourth-order valence-corrected chi connectivity index (χ4v) is 0.778. The van der Waals surface area contributed by atoms with Gasteiger partial charge < -0.3 is 10.2 Å². The second-order valence-electron chi connectivity index (χ2n) is 2.21. The van der Waals surface area contributed by atoms with Crippen LogP contribution in [-0.2, 0) is 0 Å². The van der Waals surface area contributed by atoms with Gasteiger partial charge in [0.15, 0.2) is 11.5 Å². The molecule has 12 heavy (non-hydrogen) atoms. The molecule has 0 saturated carbocycles. The molecule has 0 unspecified atom stereocenters. The molecule has 0 aliphatic carbocycles. The Labute approximate surface area is 69.8 Å². The largest absolute Gasteiger partial charge is 0.504 e. The molecular weight excluding hydrogens is 154 g/mol. The van der Waals surface area contributed by atoms with Crippen molar-refractivity contribution in [1.29, 1.82) is 5.26 Å². The molecule has 0 bridgehead atoms. The Morgan fingerprint density at radius 2 is 2.00 bits per heavy atom. The molecule has 2 N–H and O–H groups in total. The van der Waals surface area contributed by atoms with Gasteiger partial charge in [-0.1, -0.05) is 6.07 Å². The van der Waals surface area contributed by atoms with E-state index >= 15 is 0 Å². The first-order valence-corrected chi connectivity index (χ1v) is 3.32.